The third-order valence-electron chi connectivity index (χ3n) is 4.29. The molecule has 0 aromatic carbocycles. The van der Waals surface area contributed by atoms with Gasteiger partial charge in [0.1, 0.15) is 12.0 Å². The SMILES string of the molecule is CCCCCCCC(=O)Oc1coc(C)c1OC(=O)CCCCCCC. The van der Waals surface area contributed by atoms with Crippen LogP contribution in [0.2, 0.25) is 0 Å². The lowest BCUT2D eigenvalue weighted by Gasteiger charge is -2.07. The van der Waals surface area contributed by atoms with Crippen molar-refractivity contribution in [3.63, 3.8) is 0 Å². The molecule has 0 aliphatic carbocycles. The quantitative estimate of drug-likeness (QED) is 0.293. The zero-order chi connectivity index (χ0) is 19.2. The zero-order valence-corrected chi connectivity index (χ0v) is 16.6. The van der Waals surface area contributed by atoms with E-state index in [0.29, 0.717) is 18.6 Å². The van der Waals surface area contributed by atoms with Crippen LogP contribution in [0.15, 0.2) is 10.7 Å². The van der Waals surface area contributed by atoms with Gasteiger partial charge in [-0.2, -0.15) is 0 Å². The van der Waals surface area contributed by atoms with Crippen LogP contribution in [0, 0.1) is 6.92 Å². The van der Waals surface area contributed by atoms with Gasteiger partial charge in [-0.15, -0.1) is 0 Å². The lowest BCUT2D eigenvalue weighted by molar-refractivity contribution is -0.137. The van der Waals surface area contributed by atoms with E-state index in [1.807, 2.05) is 0 Å². The molecule has 148 valence electrons. The van der Waals surface area contributed by atoms with E-state index in [9.17, 15) is 9.59 Å². The molecule has 26 heavy (non-hydrogen) atoms. The van der Waals surface area contributed by atoms with Crippen molar-refractivity contribution >= 4 is 11.9 Å². The minimum atomic E-state index is -0.320. The van der Waals surface area contributed by atoms with Gasteiger partial charge in [0.25, 0.3) is 0 Å². The van der Waals surface area contributed by atoms with Crippen molar-refractivity contribution in [3.05, 3.63) is 12.0 Å². The van der Waals surface area contributed by atoms with E-state index in [4.69, 9.17) is 13.9 Å². The molecule has 1 aromatic rings. The minimum Gasteiger partial charge on any atom is -0.462 e. The second-order valence-electron chi connectivity index (χ2n) is 6.76. The molecule has 0 aliphatic heterocycles. The minimum absolute atomic E-state index is 0.195. The molecule has 0 unspecified atom stereocenters. The summed E-state index contributed by atoms with van der Waals surface area (Å²) in [5.41, 5.74) is 0. The summed E-state index contributed by atoms with van der Waals surface area (Å²) in [5.74, 6) is 0.223. The first kappa shape index (κ1) is 22.3. The number of esters is 2. The first-order valence-corrected chi connectivity index (χ1v) is 10.1. The summed E-state index contributed by atoms with van der Waals surface area (Å²) in [6.07, 6.45) is 12.7. The third kappa shape index (κ3) is 9.07. The highest BCUT2D eigenvalue weighted by molar-refractivity contribution is 5.76. The molecule has 5 nitrogen and oxygen atoms in total. The standard InChI is InChI=1S/C21H34O5/c1-4-6-8-10-12-14-19(22)25-18-16-24-17(3)21(18)26-20(23)15-13-11-9-7-5-2/h16H,4-15H2,1-3H3. The molecule has 0 aliphatic rings. The summed E-state index contributed by atoms with van der Waals surface area (Å²) < 4.78 is 16.0. The van der Waals surface area contributed by atoms with Crippen LogP contribution in [0.1, 0.15) is 96.7 Å². The van der Waals surface area contributed by atoms with E-state index >= 15 is 0 Å². The fourth-order valence-electron chi connectivity index (χ4n) is 2.70. The van der Waals surface area contributed by atoms with Gasteiger partial charge in [0.2, 0.25) is 11.5 Å². The van der Waals surface area contributed by atoms with E-state index in [1.54, 1.807) is 6.92 Å². The predicted octanol–water partition coefficient (Wildman–Crippen LogP) is 6.12. The van der Waals surface area contributed by atoms with Crippen LogP contribution >= 0.6 is 0 Å². The van der Waals surface area contributed by atoms with Gasteiger partial charge in [-0.25, -0.2) is 0 Å². The molecule has 5 heteroatoms. The monoisotopic (exact) mass is 366 g/mol. The van der Waals surface area contributed by atoms with Crippen LogP contribution in [0.25, 0.3) is 0 Å². The van der Waals surface area contributed by atoms with Gasteiger partial charge in [-0.3, -0.25) is 9.59 Å². The molecule has 0 spiro atoms. The predicted molar refractivity (Wildman–Crippen MR) is 101 cm³/mol. The zero-order valence-electron chi connectivity index (χ0n) is 16.6. The number of carbonyl (C=O) groups excluding carboxylic acids is 2. The van der Waals surface area contributed by atoms with Crippen molar-refractivity contribution in [2.24, 2.45) is 0 Å². The lowest BCUT2D eigenvalue weighted by atomic mass is 10.1. The molecule has 0 amide bonds. The van der Waals surface area contributed by atoms with Crippen LogP contribution < -0.4 is 9.47 Å². The van der Waals surface area contributed by atoms with Gasteiger partial charge in [-0.05, 0) is 19.8 Å². The molecule has 0 fully saturated rings. The summed E-state index contributed by atoms with van der Waals surface area (Å²) in [6, 6.07) is 0. The highest BCUT2D eigenvalue weighted by Crippen LogP contribution is 2.34. The van der Waals surface area contributed by atoms with Crippen molar-refractivity contribution in [2.75, 3.05) is 0 Å². The molecule has 0 N–H and O–H groups in total. The molecule has 0 radical (unpaired) electrons. The molecular weight excluding hydrogens is 332 g/mol. The highest BCUT2D eigenvalue weighted by atomic mass is 16.6. The van der Waals surface area contributed by atoms with Crippen LogP contribution in [0.5, 0.6) is 11.5 Å². The van der Waals surface area contributed by atoms with Gasteiger partial charge in [0, 0.05) is 12.8 Å². The first-order chi connectivity index (χ1) is 12.6. The average molecular weight is 366 g/mol. The van der Waals surface area contributed by atoms with Crippen LogP contribution in [-0.4, -0.2) is 11.9 Å². The Morgan fingerprint density at radius 1 is 0.808 bits per heavy atom. The summed E-state index contributed by atoms with van der Waals surface area (Å²) in [6.45, 7) is 6.00. The molecule has 1 aromatic heterocycles. The van der Waals surface area contributed by atoms with Crippen LogP contribution in [-0.2, 0) is 9.59 Å². The first-order valence-electron chi connectivity index (χ1n) is 10.1. The summed E-state index contributed by atoms with van der Waals surface area (Å²) in [4.78, 5) is 24.0. The van der Waals surface area contributed by atoms with Gasteiger partial charge in [0.15, 0.2) is 0 Å². The number of unbranched alkanes of at least 4 members (excludes halogenated alkanes) is 8. The van der Waals surface area contributed by atoms with Crippen molar-refractivity contribution in [2.45, 2.75) is 97.8 Å². The smallest absolute Gasteiger partial charge is 0.311 e. The van der Waals surface area contributed by atoms with Gasteiger partial charge in [0.05, 0.1) is 0 Å². The van der Waals surface area contributed by atoms with E-state index in [0.717, 1.165) is 38.5 Å². The Morgan fingerprint density at radius 3 is 1.85 bits per heavy atom. The molecule has 0 saturated carbocycles. The second-order valence-corrected chi connectivity index (χ2v) is 6.76. The number of carbonyl (C=O) groups is 2. The Hall–Kier alpha value is -1.78. The molecule has 0 bridgehead atoms. The van der Waals surface area contributed by atoms with Crippen LogP contribution in [0.3, 0.4) is 0 Å². The van der Waals surface area contributed by atoms with Crippen LogP contribution in [0.4, 0.5) is 0 Å². The molecule has 1 heterocycles. The molecule has 1 rings (SSSR count). The number of furan rings is 1. The maximum absolute atomic E-state index is 12.0. The summed E-state index contributed by atoms with van der Waals surface area (Å²) >= 11 is 0. The average Bonchev–Trinajstić information content (AvgIpc) is 2.94. The van der Waals surface area contributed by atoms with Gasteiger partial charge in [-0.1, -0.05) is 65.2 Å². The normalized spacial score (nSPS) is 10.7. The van der Waals surface area contributed by atoms with E-state index in [1.165, 1.54) is 31.9 Å². The Kier molecular flexibility index (Phi) is 11.5. The second kappa shape index (κ2) is 13.4. The van der Waals surface area contributed by atoms with E-state index < -0.39 is 0 Å². The number of hydrogen-bond donors (Lipinski definition) is 0. The van der Waals surface area contributed by atoms with Gasteiger partial charge < -0.3 is 13.9 Å². The molecule has 0 saturated heterocycles. The number of ether oxygens (including phenoxy) is 2. The van der Waals surface area contributed by atoms with E-state index in [2.05, 4.69) is 13.8 Å². The number of rotatable bonds is 14. The fourth-order valence-corrected chi connectivity index (χ4v) is 2.70. The Bertz CT molecular complexity index is 533. The van der Waals surface area contributed by atoms with Crippen molar-refractivity contribution in [1.29, 1.82) is 0 Å². The topological polar surface area (TPSA) is 65.7 Å². The number of aryl methyl sites for hydroxylation is 1. The summed E-state index contributed by atoms with van der Waals surface area (Å²) in [5, 5.41) is 0. The Balaban J connectivity index is 2.39. The maximum atomic E-state index is 12.0. The maximum Gasteiger partial charge on any atom is 0.311 e. The third-order valence-corrected chi connectivity index (χ3v) is 4.29. The Morgan fingerprint density at radius 2 is 1.31 bits per heavy atom. The largest absolute Gasteiger partial charge is 0.462 e. The molecule has 0 atom stereocenters. The van der Waals surface area contributed by atoms with E-state index in [-0.39, 0.29) is 23.4 Å². The highest BCUT2D eigenvalue weighted by Gasteiger charge is 2.19. The van der Waals surface area contributed by atoms with Crippen molar-refractivity contribution in [1.82, 2.24) is 0 Å². The summed E-state index contributed by atoms with van der Waals surface area (Å²) in [7, 11) is 0. The van der Waals surface area contributed by atoms with Crippen molar-refractivity contribution < 1.29 is 23.5 Å². The van der Waals surface area contributed by atoms with Gasteiger partial charge >= 0.3 is 11.9 Å². The Labute approximate surface area is 157 Å². The van der Waals surface area contributed by atoms with Crippen molar-refractivity contribution in [3.8, 4) is 11.5 Å². The fraction of sp³-hybridized carbons (Fsp3) is 0.714. The number of hydrogen-bond acceptors (Lipinski definition) is 5. The lowest BCUT2D eigenvalue weighted by Crippen LogP contribution is -2.11. The molecular formula is C21H34O5.